The van der Waals surface area contributed by atoms with Crippen LogP contribution < -0.4 is 20.7 Å². The number of nitrogens with zero attached hydrogens (tertiary/aromatic N) is 6. The van der Waals surface area contributed by atoms with E-state index >= 15 is 4.39 Å². The van der Waals surface area contributed by atoms with Gasteiger partial charge < -0.3 is 33.7 Å². The lowest BCUT2D eigenvalue weighted by atomic mass is 9.90. The van der Waals surface area contributed by atoms with Crippen molar-refractivity contribution in [2.45, 2.75) is 65.8 Å². The summed E-state index contributed by atoms with van der Waals surface area (Å²) >= 11 is 0. The fraction of sp³-hybridized carbons (Fsp3) is 0.450. The molecule has 12 nitrogen and oxygen atoms in total. The lowest BCUT2D eigenvalue weighted by molar-refractivity contribution is -0.142. The fourth-order valence-corrected chi connectivity index (χ4v) is 8.44. The van der Waals surface area contributed by atoms with Gasteiger partial charge in [-0.2, -0.15) is 0 Å². The lowest BCUT2D eigenvalue weighted by Crippen LogP contribution is -2.59. The molecule has 1 aliphatic carbocycles. The van der Waals surface area contributed by atoms with Gasteiger partial charge in [0.15, 0.2) is 0 Å². The molecule has 2 fully saturated rings. The summed E-state index contributed by atoms with van der Waals surface area (Å²) in [5.74, 6) is -0.814. The maximum absolute atomic E-state index is 15.7. The first-order valence-electron chi connectivity index (χ1n) is 18.4. The number of esters is 1. The Balaban J connectivity index is 1.09. The third-order valence-corrected chi connectivity index (χ3v) is 11.2. The van der Waals surface area contributed by atoms with Crippen LogP contribution in [-0.2, 0) is 47.3 Å². The van der Waals surface area contributed by atoms with E-state index in [-0.39, 0.29) is 29.2 Å². The van der Waals surface area contributed by atoms with E-state index in [1.54, 1.807) is 24.2 Å². The number of anilines is 4. The van der Waals surface area contributed by atoms with Crippen molar-refractivity contribution >= 4 is 34.8 Å². The summed E-state index contributed by atoms with van der Waals surface area (Å²) in [6.07, 6.45) is 5.22. The van der Waals surface area contributed by atoms with E-state index in [0.29, 0.717) is 59.1 Å². The Labute approximate surface area is 308 Å². The number of amides is 1. The molecular formula is C40H46FN7O5. The number of aryl methyl sites for hydroxylation is 1. The number of halogens is 1. The quantitative estimate of drug-likeness (QED) is 0.254. The molecule has 0 bridgehead atoms. The first kappa shape index (κ1) is 35.0. The molecule has 1 amide bonds. The summed E-state index contributed by atoms with van der Waals surface area (Å²) < 4.78 is 30.1. The average Bonchev–Trinajstić information content (AvgIpc) is 3.58. The van der Waals surface area contributed by atoms with Crippen LogP contribution in [-0.4, -0.2) is 82.4 Å². The van der Waals surface area contributed by atoms with Crippen LogP contribution in [0.1, 0.15) is 55.0 Å². The van der Waals surface area contributed by atoms with Gasteiger partial charge in [0, 0.05) is 75.8 Å². The van der Waals surface area contributed by atoms with E-state index in [9.17, 15) is 14.4 Å². The molecule has 0 radical (unpaired) electrons. The number of hydrogen-bond donors (Lipinski definition) is 1. The minimum absolute atomic E-state index is 0.143. The van der Waals surface area contributed by atoms with Gasteiger partial charge in [-0.25, -0.2) is 9.37 Å². The van der Waals surface area contributed by atoms with Crippen molar-refractivity contribution < 1.29 is 23.5 Å². The molecule has 2 saturated heterocycles. The second-order valence-corrected chi connectivity index (χ2v) is 15.7. The maximum atomic E-state index is 15.7. The SMILES string of the molecule is CC(=O)OCc1c(-c2cc(Nc3ccc(N4CCN(C5COC5)C[C@H]4C)cn3)c(=O)n(C)c2)cc(F)cc1N1CCn2c(cc3c2CC(C)(C)C3)C1=O. The second-order valence-electron chi connectivity index (χ2n) is 15.7. The number of carbonyl (C=O) groups is 2. The van der Waals surface area contributed by atoms with Gasteiger partial charge >= 0.3 is 5.97 Å². The van der Waals surface area contributed by atoms with Crippen LogP contribution in [0.25, 0.3) is 11.1 Å². The van der Waals surface area contributed by atoms with Gasteiger partial charge in [-0.15, -0.1) is 0 Å². The van der Waals surface area contributed by atoms with E-state index in [1.165, 1.54) is 34.9 Å². The van der Waals surface area contributed by atoms with E-state index in [0.717, 1.165) is 51.4 Å². The molecular weight excluding hydrogens is 677 g/mol. The highest BCUT2D eigenvalue weighted by molar-refractivity contribution is 6.07. The minimum Gasteiger partial charge on any atom is -0.461 e. The Kier molecular flexibility index (Phi) is 8.89. The van der Waals surface area contributed by atoms with E-state index < -0.39 is 11.8 Å². The molecule has 1 atom stereocenters. The van der Waals surface area contributed by atoms with E-state index in [1.807, 2.05) is 24.4 Å². The molecule has 13 heteroatoms. The van der Waals surface area contributed by atoms with Crippen molar-refractivity contribution in [2.75, 3.05) is 54.5 Å². The number of aromatic nitrogens is 3. The molecule has 1 N–H and O–H groups in total. The van der Waals surface area contributed by atoms with Gasteiger partial charge in [0.1, 0.15) is 29.6 Å². The van der Waals surface area contributed by atoms with Crippen LogP contribution in [0.3, 0.4) is 0 Å². The van der Waals surface area contributed by atoms with Crippen molar-refractivity contribution in [3.63, 3.8) is 0 Å². The van der Waals surface area contributed by atoms with Crippen LogP contribution in [0, 0.1) is 11.2 Å². The fourth-order valence-electron chi connectivity index (χ4n) is 8.44. The first-order chi connectivity index (χ1) is 25.3. The summed E-state index contributed by atoms with van der Waals surface area (Å²) in [5, 5.41) is 3.17. The Bertz CT molecular complexity index is 2160. The van der Waals surface area contributed by atoms with Crippen molar-refractivity contribution in [3.8, 4) is 11.1 Å². The Hall–Kier alpha value is -5.01. The van der Waals surface area contributed by atoms with Gasteiger partial charge in [0.2, 0.25) is 0 Å². The molecule has 0 saturated carbocycles. The highest BCUT2D eigenvalue weighted by atomic mass is 19.1. The number of nitrogens with one attached hydrogen (secondary N) is 1. The molecule has 6 heterocycles. The second kappa shape index (κ2) is 13.4. The molecule has 4 aliphatic rings. The zero-order valence-electron chi connectivity index (χ0n) is 30.9. The maximum Gasteiger partial charge on any atom is 0.302 e. The van der Waals surface area contributed by atoms with Crippen molar-refractivity contribution in [2.24, 2.45) is 12.5 Å². The van der Waals surface area contributed by atoms with Gasteiger partial charge in [-0.05, 0) is 72.7 Å². The number of hydrogen-bond acceptors (Lipinski definition) is 9. The third kappa shape index (κ3) is 6.61. The molecule has 3 aromatic heterocycles. The van der Waals surface area contributed by atoms with Crippen molar-refractivity contribution in [1.82, 2.24) is 19.0 Å². The molecule has 3 aliphatic heterocycles. The predicted molar refractivity (Wildman–Crippen MR) is 200 cm³/mol. The Morgan fingerprint density at radius 3 is 2.58 bits per heavy atom. The minimum atomic E-state index is -0.559. The van der Waals surface area contributed by atoms with Gasteiger partial charge in [-0.3, -0.25) is 19.3 Å². The van der Waals surface area contributed by atoms with Crippen LogP contribution in [0.4, 0.5) is 27.3 Å². The summed E-state index contributed by atoms with van der Waals surface area (Å²) in [4.78, 5) is 50.7. The zero-order valence-corrected chi connectivity index (χ0v) is 30.9. The average molecular weight is 724 g/mol. The van der Waals surface area contributed by atoms with Gasteiger partial charge in [-0.1, -0.05) is 13.8 Å². The molecule has 53 heavy (non-hydrogen) atoms. The number of rotatable bonds is 8. The number of fused-ring (bicyclic) bond motifs is 3. The molecule has 8 rings (SSSR count). The predicted octanol–water partition coefficient (Wildman–Crippen LogP) is 4.89. The number of carbonyl (C=O) groups excluding carboxylic acids is 2. The van der Waals surface area contributed by atoms with Crippen molar-refractivity contribution in [1.29, 1.82) is 0 Å². The smallest absolute Gasteiger partial charge is 0.302 e. The standard InChI is InChI=1S/C40H46FN7O5/c1-24-19-45(30-21-52-22-30)8-9-46(24)29-6-7-37(42-18-29)43-33-12-27(20-44(5)38(33)50)31-14-28(41)15-34(32(31)23-53-25(2)49)48-11-10-47-35(39(48)51)13-26-16-40(3,4)17-36(26)47/h6-7,12-15,18,20,24,30H,8-11,16-17,19,21-23H2,1-5H3,(H,42,43)/t24-/m1/s1. The monoisotopic (exact) mass is 723 g/mol. The summed E-state index contributed by atoms with van der Waals surface area (Å²) in [7, 11) is 1.62. The van der Waals surface area contributed by atoms with Crippen LogP contribution in [0.15, 0.2) is 53.6 Å². The number of ether oxygens (including phenoxy) is 2. The third-order valence-electron chi connectivity index (χ3n) is 11.2. The van der Waals surface area contributed by atoms with Crippen molar-refractivity contribution in [3.05, 3.63) is 87.5 Å². The normalized spacial score (nSPS) is 19.9. The highest BCUT2D eigenvalue weighted by Gasteiger charge is 2.38. The largest absolute Gasteiger partial charge is 0.461 e. The summed E-state index contributed by atoms with van der Waals surface area (Å²) in [5.41, 5.74) is 5.75. The summed E-state index contributed by atoms with van der Waals surface area (Å²) in [6.45, 7) is 13.1. The van der Waals surface area contributed by atoms with Gasteiger partial charge in [0.25, 0.3) is 11.5 Å². The molecule has 0 spiro atoms. The van der Waals surface area contributed by atoms with E-state index in [4.69, 9.17) is 9.47 Å². The summed E-state index contributed by atoms with van der Waals surface area (Å²) in [6, 6.07) is 11.0. The first-order valence-corrected chi connectivity index (χ1v) is 18.4. The Morgan fingerprint density at radius 2 is 1.89 bits per heavy atom. The van der Waals surface area contributed by atoms with Crippen LogP contribution in [0.5, 0.6) is 0 Å². The van der Waals surface area contributed by atoms with E-state index in [2.05, 4.69) is 45.4 Å². The zero-order chi connectivity index (χ0) is 37.2. The van der Waals surface area contributed by atoms with Crippen LogP contribution in [0.2, 0.25) is 0 Å². The number of pyridine rings is 2. The number of piperazine rings is 1. The molecule has 4 aromatic rings. The van der Waals surface area contributed by atoms with Gasteiger partial charge in [0.05, 0.1) is 36.8 Å². The molecule has 1 aromatic carbocycles. The highest BCUT2D eigenvalue weighted by Crippen LogP contribution is 2.41. The number of benzene rings is 1. The van der Waals surface area contributed by atoms with Crippen LogP contribution >= 0.6 is 0 Å². The molecule has 278 valence electrons. The topological polar surface area (TPSA) is 114 Å². The lowest BCUT2D eigenvalue weighted by Gasteiger charge is -2.46. The molecule has 0 unspecified atom stereocenters. The Morgan fingerprint density at radius 1 is 1.08 bits per heavy atom.